The van der Waals surface area contributed by atoms with Crippen LogP contribution in [-0.2, 0) is 10.0 Å². The van der Waals surface area contributed by atoms with E-state index in [1.807, 2.05) is 0 Å². The molecule has 1 aliphatic rings. The summed E-state index contributed by atoms with van der Waals surface area (Å²) < 4.78 is 48.2. The normalized spacial score (nSPS) is 14.8. The first-order chi connectivity index (χ1) is 14.8. The summed E-state index contributed by atoms with van der Waals surface area (Å²) in [6.45, 7) is 0.935. The summed E-state index contributed by atoms with van der Waals surface area (Å²) in [7, 11) is 2.33. The molecule has 0 N–H and O–H groups in total. The Labute approximate surface area is 182 Å². The highest BCUT2D eigenvalue weighted by Crippen LogP contribution is 2.38. The third-order valence-electron chi connectivity index (χ3n) is 5.13. The first-order valence-corrected chi connectivity index (χ1v) is 11.0. The average Bonchev–Trinajstić information content (AvgIpc) is 2.82. The molecule has 1 aliphatic heterocycles. The van der Waals surface area contributed by atoms with Gasteiger partial charge in [0, 0.05) is 31.7 Å². The molecule has 3 rings (SSSR count). The standard InChI is InChI=1S/C21H26N2O7S/c1-27-16-5-7-17(8-6-16)31(25,26)23-11-9-22(10-12-23)21(24)15-13-18(28-2)20(30-4)19(14-15)29-3/h5-8,13-14H,9-12H2,1-4H3. The molecule has 168 valence electrons. The minimum atomic E-state index is -3.65. The van der Waals surface area contributed by atoms with E-state index in [-0.39, 0.29) is 37.0 Å². The van der Waals surface area contributed by atoms with E-state index < -0.39 is 10.0 Å². The smallest absolute Gasteiger partial charge is 0.254 e. The van der Waals surface area contributed by atoms with Crippen LogP contribution in [0.2, 0.25) is 0 Å². The van der Waals surface area contributed by atoms with Crippen LogP contribution in [0, 0.1) is 0 Å². The summed E-state index contributed by atoms with van der Waals surface area (Å²) >= 11 is 0. The van der Waals surface area contributed by atoms with Gasteiger partial charge in [0.15, 0.2) is 11.5 Å². The van der Waals surface area contributed by atoms with Crippen molar-refractivity contribution in [3.63, 3.8) is 0 Å². The maximum atomic E-state index is 13.0. The quantitative estimate of drug-likeness (QED) is 0.636. The van der Waals surface area contributed by atoms with Crippen LogP contribution in [0.4, 0.5) is 0 Å². The van der Waals surface area contributed by atoms with Gasteiger partial charge >= 0.3 is 0 Å². The summed E-state index contributed by atoms with van der Waals surface area (Å²) in [5.74, 6) is 1.51. The summed E-state index contributed by atoms with van der Waals surface area (Å²) in [6.07, 6.45) is 0. The zero-order valence-electron chi connectivity index (χ0n) is 18.0. The number of nitrogens with zero attached hydrogens (tertiary/aromatic N) is 2. The summed E-state index contributed by atoms with van der Waals surface area (Å²) in [5.41, 5.74) is 0.376. The van der Waals surface area contributed by atoms with Gasteiger partial charge in [0.05, 0.1) is 33.3 Å². The summed E-state index contributed by atoms with van der Waals surface area (Å²) in [4.78, 5) is 14.8. The van der Waals surface area contributed by atoms with E-state index >= 15 is 0 Å². The van der Waals surface area contributed by atoms with Crippen molar-refractivity contribution >= 4 is 15.9 Å². The summed E-state index contributed by atoms with van der Waals surface area (Å²) in [6, 6.07) is 9.42. The predicted octanol–water partition coefficient (Wildman–Crippen LogP) is 1.87. The molecular formula is C21H26N2O7S. The van der Waals surface area contributed by atoms with Gasteiger partial charge in [-0.05, 0) is 36.4 Å². The molecule has 0 bridgehead atoms. The predicted molar refractivity (Wildman–Crippen MR) is 114 cm³/mol. The Morgan fingerprint density at radius 1 is 0.806 bits per heavy atom. The first kappa shape index (κ1) is 22.7. The number of hydrogen-bond donors (Lipinski definition) is 0. The van der Waals surface area contributed by atoms with E-state index in [1.165, 1.54) is 44.9 Å². The van der Waals surface area contributed by atoms with Crippen LogP contribution in [0.25, 0.3) is 0 Å². The molecule has 31 heavy (non-hydrogen) atoms. The van der Waals surface area contributed by atoms with Crippen LogP contribution in [0.3, 0.4) is 0 Å². The Morgan fingerprint density at radius 3 is 1.81 bits per heavy atom. The second-order valence-electron chi connectivity index (χ2n) is 6.79. The van der Waals surface area contributed by atoms with Gasteiger partial charge in [0.25, 0.3) is 5.91 Å². The molecule has 10 heteroatoms. The van der Waals surface area contributed by atoms with E-state index in [1.54, 1.807) is 29.2 Å². The highest BCUT2D eigenvalue weighted by Gasteiger charge is 2.31. The van der Waals surface area contributed by atoms with Crippen LogP contribution in [0.15, 0.2) is 41.3 Å². The molecule has 2 aromatic carbocycles. The van der Waals surface area contributed by atoms with Crippen molar-refractivity contribution in [1.82, 2.24) is 9.21 Å². The molecular weight excluding hydrogens is 424 g/mol. The van der Waals surface area contributed by atoms with Gasteiger partial charge in [-0.15, -0.1) is 0 Å². The van der Waals surface area contributed by atoms with Crippen LogP contribution < -0.4 is 18.9 Å². The molecule has 1 amide bonds. The van der Waals surface area contributed by atoms with Crippen LogP contribution in [0.5, 0.6) is 23.0 Å². The van der Waals surface area contributed by atoms with Gasteiger partial charge in [-0.3, -0.25) is 4.79 Å². The number of rotatable bonds is 7. The highest BCUT2D eigenvalue weighted by atomic mass is 32.2. The number of carbonyl (C=O) groups excluding carboxylic acids is 1. The Hall–Kier alpha value is -2.98. The molecule has 1 heterocycles. The number of hydrogen-bond acceptors (Lipinski definition) is 7. The second-order valence-corrected chi connectivity index (χ2v) is 8.72. The van der Waals surface area contributed by atoms with Crippen molar-refractivity contribution < 1.29 is 32.2 Å². The van der Waals surface area contributed by atoms with Gasteiger partial charge in [-0.2, -0.15) is 4.31 Å². The number of ether oxygens (including phenoxy) is 4. The summed E-state index contributed by atoms with van der Waals surface area (Å²) in [5, 5.41) is 0. The minimum Gasteiger partial charge on any atom is -0.497 e. The largest absolute Gasteiger partial charge is 0.497 e. The first-order valence-electron chi connectivity index (χ1n) is 9.59. The molecule has 0 spiro atoms. The molecule has 0 unspecified atom stereocenters. The van der Waals surface area contributed by atoms with Crippen molar-refractivity contribution in [3.05, 3.63) is 42.0 Å². The van der Waals surface area contributed by atoms with Crippen molar-refractivity contribution in [1.29, 1.82) is 0 Å². The fourth-order valence-electron chi connectivity index (χ4n) is 3.42. The van der Waals surface area contributed by atoms with E-state index in [4.69, 9.17) is 18.9 Å². The van der Waals surface area contributed by atoms with Gasteiger partial charge < -0.3 is 23.8 Å². The third kappa shape index (κ3) is 4.54. The lowest BCUT2D eigenvalue weighted by Gasteiger charge is -2.34. The van der Waals surface area contributed by atoms with Crippen LogP contribution >= 0.6 is 0 Å². The number of methoxy groups -OCH3 is 4. The van der Waals surface area contributed by atoms with Crippen molar-refractivity contribution in [2.45, 2.75) is 4.90 Å². The van der Waals surface area contributed by atoms with Crippen molar-refractivity contribution in [3.8, 4) is 23.0 Å². The van der Waals surface area contributed by atoms with E-state index in [0.29, 0.717) is 28.6 Å². The number of sulfonamides is 1. The van der Waals surface area contributed by atoms with E-state index in [2.05, 4.69) is 0 Å². The van der Waals surface area contributed by atoms with E-state index in [0.717, 1.165) is 0 Å². The van der Waals surface area contributed by atoms with Gasteiger partial charge in [-0.1, -0.05) is 0 Å². The van der Waals surface area contributed by atoms with Gasteiger partial charge in [-0.25, -0.2) is 8.42 Å². The molecule has 0 saturated carbocycles. The molecule has 0 aromatic heterocycles. The average molecular weight is 451 g/mol. The van der Waals surface area contributed by atoms with Crippen LogP contribution in [-0.4, -0.2) is 78.1 Å². The van der Waals surface area contributed by atoms with Gasteiger partial charge in [0.2, 0.25) is 15.8 Å². The number of amides is 1. The van der Waals surface area contributed by atoms with Crippen molar-refractivity contribution in [2.24, 2.45) is 0 Å². The third-order valence-corrected chi connectivity index (χ3v) is 7.05. The van der Waals surface area contributed by atoms with E-state index in [9.17, 15) is 13.2 Å². The lowest BCUT2D eigenvalue weighted by atomic mass is 10.1. The Bertz CT molecular complexity index is 1010. The maximum Gasteiger partial charge on any atom is 0.254 e. The molecule has 0 aliphatic carbocycles. The molecule has 1 saturated heterocycles. The topological polar surface area (TPSA) is 94.6 Å². The molecule has 9 nitrogen and oxygen atoms in total. The zero-order valence-corrected chi connectivity index (χ0v) is 18.8. The lowest BCUT2D eigenvalue weighted by Crippen LogP contribution is -2.50. The molecule has 0 radical (unpaired) electrons. The van der Waals surface area contributed by atoms with Crippen LogP contribution in [0.1, 0.15) is 10.4 Å². The van der Waals surface area contributed by atoms with Crippen molar-refractivity contribution in [2.75, 3.05) is 54.6 Å². The monoisotopic (exact) mass is 450 g/mol. The Kier molecular flexibility index (Phi) is 6.91. The highest BCUT2D eigenvalue weighted by molar-refractivity contribution is 7.89. The molecule has 1 fully saturated rings. The fourth-order valence-corrected chi connectivity index (χ4v) is 4.84. The Balaban J connectivity index is 1.74. The second kappa shape index (κ2) is 9.44. The maximum absolute atomic E-state index is 13.0. The Morgan fingerprint density at radius 2 is 1.35 bits per heavy atom. The molecule has 2 aromatic rings. The number of piperazine rings is 1. The minimum absolute atomic E-state index is 0.192. The van der Waals surface area contributed by atoms with Gasteiger partial charge in [0.1, 0.15) is 5.75 Å². The SMILES string of the molecule is COc1ccc(S(=O)(=O)N2CCN(C(=O)c3cc(OC)c(OC)c(OC)c3)CC2)cc1. The lowest BCUT2D eigenvalue weighted by molar-refractivity contribution is 0.0697. The fraction of sp³-hybridized carbons (Fsp3) is 0.381. The molecule has 0 atom stereocenters. The number of benzene rings is 2. The number of carbonyl (C=O) groups is 1. The zero-order chi connectivity index (χ0) is 22.6.